The lowest BCUT2D eigenvalue weighted by Gasteiger charge is -2.43. The van der Waals surface area contributed by atoms with Crippen molar-refractivity contribution in [2.24, 2.45) is 0 Å². The number of amides is 3. The molecule has 2 unspecified atom stereocenters. The Hall–Kier alpha value is -3.91. The molecule has 3 aliphatic rings. The topological polar surface area (TPSA) is 130 Å². The van der Waals surface area contributed by atoms with Crippen LogP contribution < -0.4 is 15.4 Å². The third-order valence-electron chi connectivity index (χ3n) is 9.10. The predicted molar refractivity (Wildman–Crippen MR) is 168 cm³/mol. The number of halogens is 2. The Balaban J connectivity index is 1.23. The minimum atomic E-state index is -1.37. The van der Waals surface area contributed by atoms with Crippen molar-refractivity contribution >= 4 is 28.9 Å². The largest absolute Gasteiger partial charge is 0.437 e. The summed E-state index contributed by atoms with van der Waals surface area (Å²) in [5, 5.41) is 5.79. The van der Waals surface area contributed by atoms with Gasteiger partial charge in [-0.05, 0) is 64.3 Å². The molecular formula is C32H39F2N7O4S. The summed E-state index contributed by atoms with van der Waals surface area (Å²) in [5.74, 6) is -1.11. The molecule has 3 aliphatic heterocycles. The Morgan fingerprint density at radius 3 is 2.65 bits per heavy atom. The highest BCUT2D eigenvalue weighted by atomic mass is 32.2. The summed E-state index contributed by atoms with van der Waals surface area (Å²) in [6, 6.07) is 6.69. The van der Waals surface area contributed by atoms with Crippen molar-refractivity contribution in [3.05, 3.63) is 77.0 Å². The van der Waals surface area contributed by atoms with Crippen molar-refractivity contribution in [3.8, 4) is 0 Å². The zero-order valence-electron chi connectivity index (χ0n) is 26.3. The number of piperidine rings is 1. The maximum absolute atomic E-state index is 15.0. The van der Waals surface area contributed by atoms with E-state index in [1.807, 2.05) is 38.3 Å². The van der Waals surface area contributed by atoms with Crippen LogP contribution in [0.15, 0.2) is 42.7 Å². The molecule has 0 aliphatic carbocycles. The van der Waals surface area contributed by atoms with Crippen LogP contribution in [-0.4, -0.2) is 53.6 Å². The zero-order valence-corrected chi connectivity index (χ0v) is 27.1. The SMILES string of the molecule is CC(NS(=O)C(C)(C)C)c1cnc2n1C[C@H](c1cccc(F)c1F)CC[C@H]2NC(=O)N1CCC2(CC1)OC(=O)Nc1ncccc12. The number of carbonyl (C=O) groups is 2. The van der Waals surface area contributed by atoms with Gasteiger partial charge in [-0.3, -0.25) is 5.32 Å². The molecule has 0 bridgehead atoms. The van der Waals surface area contributed by atoms with Gasteiger partial charge in [-0.1, -0.05) is 12.1 Å². The number of anilines is 1. The van der Waals surface area contributed by atoms with Crippen LogP contribution in [0.3, 0.4) is 0 Å². The first-order valence-electron chi connectivity index (χ1n) is 15.5. The highest BCUT2D eigenvalue weighted by Gasteiger charge is 2.46. The molecule has 3 aromatic rings. The molecule has 2 aromatic heterocycles. The Bertz CT molecular complexity index is 1670. The highest BCUT2D eigenvalue weighted by Crippen LogP contribution is 2.43. The van der Waals surface area contributed by atoms with Crippen LogP contribution >= 0.6 is 0 Å². The molecule has 0 saturated carbocycles. The molecular weight excluding hydrogens is 616 g/mol. The minimum Gasteiger partial charge on any atom is -0.437 e. The second kappa shape index (κ2) is 12.4. The van der Waals surface area contributed by atoms with Crippen molar-refractivity contribution in [2.75, 3.05) is 18.4 Å². The van der Waals surface area contributed by atoms with Gasteiger partial charge < -0.3 is 19.5 Å². The Morgan fingerprint density at radius 2 is 1.91 bits per heavy atom. The van der Waals surface area contributed by atoms with Gasteiger partial charge in [0.2, 0.25) is 0 Å². The molecule has 1 aromatic carbocycles. The molecule has 11 nitrogen and oxygen atoms in total. The average molecular weight is 656 g/mol. The van der Waals surface area contributed by atoms with Crippen molar-refractivity contribution in [3.63, 3.8) is 0 Å². The van der Waals surface area contributed by atoms with E-state index in [1.54, 1.807) is 29.4 Å². The first-order valence-corrected chi connectivity index (χ1v) is 16.7. The number of benzene rings is 1. The Morgan fingerprint density at radius 1 is 1.15 bits per heavy atom. The van der Waals surface area contributed by atoms with Gasteiger partial charge in [0, 0.05) is 50.2 Å². The summed E-state index contributed by atoms with van der Waals surface area (Å²) in [7, 11) is -1.37. The van der Waals surface area contributed by atoms with Gasteiger partial charge in [0.15, 0.2) is 11.6 Å². The van der Waals surface area contributed by atoms with Crippen LogP contribution in [-0.2, 0) is 27.9 Å². The van der Waals surface area contributed by atoms with Crippen molar-refractivity contribution in [2.45, 2.75) is 88.3 Å². The molecule has 14 heteroatoms. The van der Waals surface area contributed by atoms with Crippen LogP contribution in [0.4, 0.5) is 24.2 Å². The predicted octanol–water partition coefficient (Wildman–Crippen LogP) is 5.55. The molecule has 46 heavy (non-hydrogen) atoms. The second-order valence-corrected chi connectivity index (χ2v) is 15.2. The molecule has 4 atom stereocenters. The van der Waals surface area contributed by atoms with Crippen molar-refractivity contribution < 1.29 is 27.3 Å². The number of imidazole rings is 1. The summed E-state index contributed by atoms with van der Waals surface area (Å²) in [5.41, 5.74) is 0.924. The maximum atomic E-state index is 15.0. The number of likely N-dealkylation sites (tertiary alicyclic amines) is 1. The first-order chi connectivity index (χ1) is 21.9. The van der Waals surface area contributed by atoms with E-state index in [0.717, 1.165) is 17.3 Å². The smallest absolute Gasteiger partial charge is 0.413 e. The fourth-order valence-corrected chi connectivity index (χ4v) is 7.36. The number of nitrogens with zero attached hydrogens (tertiary/aromatic N) is 4. The normalized spacial score (nSPS) is 22.1. The van der Waals surface area contributed by atoms with Crippen molar-refractivity contribution in [1.82, 2.24) is 29.5 Å². The third kappa shape index (κ3) is 6.11. The van der Waals surface area contributed by atoms with E-state index in [4.69, 9.17) is 9.72 Å². The number of carbonyl (C=O) groups excluding carboxylic acids is 2. The number of pyridine rings is 1. The van der Waals surface area contributed by atoms with E-state index in [-0.39, 0.29) is 23.6 Å². The summed E-state index contributed by atoms with van der Waals surface area (Å²) in [6.07, 6.45) is 4.47. The number of nitrogens with one attached hydrogen (secondary N) is 3. The lowest BCUT2D eigenvalue weighted by atomic mass is 9.83. The molecule has 246 valence electrons. The van der Waals surface area contributed by atoms with Gasteiger partial charge in [-0.15, -0.1) is 0 Å². The lowest BCUT2D eigenvalue weighted by Crippen LogP contribution is -2.52. The third-order valence-corrected chi connectivity index (χ3v) is 10.8. The van der Waals surface area contributed by atoms with E-state index in [0.29, 0.717) is 57.0 Å². The first kappa shape index (κ1) is 32.0. The van der Waals surface area contributed by atoms with Crippen LogP contribution in [0, 0.1) is 11.6 Å². The monoisotopic (exact) mass is 655 g/mol. The van der Waals surface area contributed by atoms with E-state index >= 15 is 4.39 Å². The number of fused-ring (bicyclic) bond motifs is 3. The molecule has 6 rings (SSSR count). The Labute approximate surface area is 269 Å². The summed E-state index contributed by atoms with van der Waals surface area (Å²) >= 11 is 0. The van der Waals surface area contributed by atoms with E-state index < -0.39 is 45.1 Å². The number of urea groups is 1. The van der Waals surface area contributed by atoms with E-state index in [9.17, 15) is 18.2 Å². The van der Waals surface area contributed by atoms with Gasteiger partial charge in [0.05, 0.1) is 39.7 Å². The number of hydrogen-bond acceptors (Lipinski definition) is 6. The molecule has 3 amide bonds. The van der Waals surface area contributed by atoms with Crippen LogP contribution in [0.2, 0.25) is 0 Å². The van der Waals surface area contributed by atoms with Gasteiger partial charge in [-0.25, -0.2) is 37.3 Å². The standard InChI is InChI=1S/C32H39F2N7O4S/c1-19(39-46(44)31(2,3)4)25-17-36-28-24(11-10-20(18-41(25)28)21-7-5-9-23(33)26(21)34)37-29(42)40-15-12-32(13-16-40)22-8-6-14-35-27(22)38-30(43)45-32/h5-9,14,17,19-20,24,39H,10-13,15-16,18H2,1-4H3,(H,37,42)(H,35,38,43)/t19?,20-,24-,46?/m1/s1. The summed E-state index contributed by atoms with van der Waals surface area (Å²) in [6.45, 7) is 8.51. The number of ether oxygens (including phenoxy) is 1. The maximum Gasteiger partial charge on any atom is 0.413 e. The second-order valence-electron chi connectivity index (χ2n) is 13.2. The van der Waals surface area contributed by atoms with Gasteiger partial charge in [0.25, 0.3) is 0 Å². The van der Waals surface area contributed by atoms with Crippen LogP contribution in [0.1, 0.15) is 94.0 Å². The highest BCUT2D eigenvalue weighted by molar-refractivity contribution is 7.84. The fourth-order valence-electron chi connectivity index (χ4n) is 6.57. The average Bonchev–Trinajstić information content (AvgIpc) is 3.35. The van der Waals surface area contributed by atoms with Crippen LogP contribution in [0.5, 0.6) is 0 Å². The molecule has 1 spiro atoms. The van der Waals surface area contributed by atoms with Gasteiger partial charge in [0.1, 0.15) is 17.2 Å². The van der Waals surface area contributed by atoms with Gasteiger partial charge >= 0.3 is 12.1 Å². The fraction of sp³-hybridized carbons (Fsp3) is 0.500. The van der Waals surface area contributed by atoms with Gasteiger partial charge in [-0.2, -0.15) is 0 Å². The molecule has 1 saturated heterocycles. The summed E-state index contributed by atoms with van der Waals surface area (Å²) < 4.78 is 52.6. The molecule has 3 N–H and O–H groups in total. The lowest BCUT2D eigenvalue weighted by molar-refractivity contribution is -0.0308. The number of aromatic nitrogens is 3. The quantitative estimate of drug-likeness (QED) is 0.331. The number of rotatable bonds is 5. The molecule has 0 radical (unpaired) electrons. The Kier molecular flexibility index (Phi) is 8.61. The van der Waals surface area contributed by atoms with Crippen LogP contribution in [0.25, 0.3) is 0 Å². The number of hydrogen-bond donors (Lipinski definition) is 3. The summed E-state index contributed by atoms with van der Waals surface area (Å²) in [4.78, 5) is 36.7. The minimum absolute atomic E-state index is 0.268. The zero-order chi connectivity index (χ0) is 32.8. The molecule has 1 fully saturated rings. The van der Waals surface area contributed by atoms with E-state index in [2.05, 4.69) is 20.3 Å². The molecule has 5 heterocycles. The van der Waals surface area contributed by atoms with Crippen molar-refractivity contribution in [1.29, 1.82) is 0 Å². The van der Waals surface area contributed by atoms with E-state index in [1.165, 1.54) is 6.07 Å².